The summed E-state index contributed by atoms with van der Waals surface area (Å²) in [5.41, 5.74) is 1.45. The number of hydrogen-bond acceptors (Lipinski definition) is 2. The van der Waals surface area contributed by atoms with Crippen molar-refractivity contribution in [3.63, 3.8) is 0 Å². The van der Waals surface area contributed by atoms with Gasteiger partial charge in [-0.15, -0.1) is 0 Å². The van der Waals surface area contributed by atoms with Crippen LogP contribution < -0.4 is 5.32 Å². The number of hydrogen-bond donors (Lipinski definition) is 1. The molecule has 4 nitrogen and oxygen atoms in total. The summed E-state index contributed by atoms with van der Waals surface area (Å²) in [4.78, 5) is 11.9. The number of amides is 1. The van der Waals surface area contributed by atoms with Gasteiger partial charge in [-0.2, -0.15) is 0 Å². The summed E-state index contributed by atoms with van der Waals surface area (Å²) in [6, 6.07) is 4.89. The van der Waals surface area contributed by atoms with Gasteiger partial charge in [0.15, 0.2) is 0 Å². The Morgan fingerprint density at radius 1 is 1.43 bits per heavy atom. The predicted molar refractivity (Wildman–Crippen MR) is 78.8 cm³/mol. The molecule has 1 aliphatic heterocycles. The molecule has 0 unspecified atom stereocenters. The highest BCUT2D eigenvalue weighted by molar-refractivity contribution is 5.84. The smallest absolute Gasteiger partial charge is 0.407 e. The molecular weight excluding hydrogens is 271 g/mol. The van der Waals surface area contributed by atoms with E-state index >= 15 is 0 Å². The Bertz CT molecular complexity index is 700. The first kappa shape index (κ1) is 13.9. The van der Waals surface area contributed by atoms with Crippen molar-refractivity contribution in [2.75, 3.05) is 0 Å². The van der Waals surface area contributed by atoms with E-state index in [1.165, 1.54) is 6.07 Å². The van der Waals surface area contributed by atoms with Gasteiger partial charge in [0.05, 0.1) is 11.6 Å². The summed E-state index contributed by atoms with van der Waals surface area (Å²) in [6.07, 6.45) is 2.10. The number of carbonyl (C=O) groups excluding carboxylic acids is 1. The third-order valence-electron chi connectivity index (χ3n) is 3.51. The Morgan fingerprint density at radius 3 is 2.90 bits per heavy atom. The fourth-order valence-electron chi connectivity index (χ4n) is 2.85. The van der Waals surface area contributed by atoms with Crippen LogP contribution in [0.5, 0.6) is 0 Å². The largest absolute Gasteiger partial charge is 0.444 e. The number of aromatic nitrogens is 1. The quantitative estimate of drug-likeness (QED) is 0.876. The Kier molecular flexibility index (Phi) is 3.15. The van der Waals surface area contributed by atoms with E-state index in [9.17, 15) is 9.18 Å². The highest BCUT2D eigenvalue weighted by atomic mass is 19.1. The van der Waals surface area contributed by atoms with E-state index in [2.05, 4.69) is 9.88 Å². The lowest BCUT2D eigenvalue weighted by Gasteiger charge is -2.27. The number of rotatable bonds is 1. The predicted octanol–water partition coefficient (Wildman–Crippen LogP) is 3.23. The molecule has 112 valence electrons. The Balaban J connectivity index is 1.79. The molecule has 5 heteroatoms. The summed E-state index contributed by atoms with van der Waals surface area (Å²) in [5, 5.41) is 3.77. The van der Waals surface area contributed by atoms with Crippen LogP contribution in [0.2, 0.25) is 0 Å². The molecule has 2 aromatic rings. The molecule has 1 amide bonds. The first-order valence-electron chi connectivity index (χ1n) is 7.08. The van der Waals surface area contributed by atoms with Gasteiger partial charge in [0, 0.05) is 18.1 Å². The van der Waals surface area contributed by atoms with Crippen LogP contribution in [0.3, 0.4) is 0 Å². The SMILES string of the molecule is CC(C)(C)OC(=O)N[C@@H]1Cc2cc(F)cc3ccn(c23)C1. The molecule has 1 aromatic carbocycles. The second kappa shape index (κ2) is 4.76. The van der Waals surface area contributed by atoms with Gasteiger partial charge in [0.25, 0.3) is 0 Å². The highest BCUT2D eigenvalue weighted by Crippen LogP contribution is 2.27. The first-order chi connectivity index (χ1) is 9.82. The Labute approximate surface area is 122 Å². The fourth-order valence-corrected chi connectivity index (χ4v) is 2.85. The number of nitrogens with zero attached hydrogens (tertiary/aromatic N) is 1. The minimum absolute atomic E-state index is 0.0928. The maximum Gasteiger partial charge on any atom is 0.407 e. The molecule has 1 atom stereocenters. The topological polar surface area (TPSA) is 43.3 Å². The lowest BCUT2D eigenvalue weighted by Crippen LogP contribution is -2.43. The maximum atomic E-state index is 13.6. The molecule has 0 spiro atoms. The lowest BCUT2D eigenvalue weighted by atomic mass is 10.00. The van der Waals surface area contributed by atoms with Crippen LogP contribution in [-0.4, -0.2) is 22.3 Å². The van der Waals surface area contributed by atoms with E-state index in [4.69, 9.17) is 4.74 Å². The number of benzene rings is 1. The summed E-state index contributed by atoms with van der Waals surface area (Å²) < 4.78 is 20.9. The molecule has 1 aromatic heterocycles. The number of nitrogens with one attached hydrogen (secondary N) is 1. The van der Waals surface area contributed by atoms with E-state index in [0.29, 0.717) is 13.0 Å². The Morgan fingerprint density at radius 2 is 2.19 bits per heavy atom. The first-order valence-corrected chi connectivity index (χ1v) is 7.08. The maximum absolute atomic E-state index is 13.6. The van der Waals surface area contributed by atoms with Crippen LogP contribution >= 0.6 is 0 Å². The van der Waals surface area contributed by atoms with Crippen LogP contribution in [0.15, 0.2) is 24.4 Å². The molecular formula is C16H19FN2O2. The second-order valence-electron chi connectivity index (χ2n) is 6.52. The average Bonchev–Trinajstić information content (AvgIpc) is 2.70. The van der Waals surface area contributed by atoms with Gasteiger partial charge in [-0.25, -0.2) is 9.18 Å². The van der Waals surface area contributed by atoms with Crippen LogP contribution in [-0.2, 0) is 17.7 Å². The van der Waals surface area contributed by atoms with Crippen molar-refractivity contribution in [3.05, 3.63) is 35.8 Å². The van der Waals surface area contributed by atoms with Crippen LogP contribution in [0, 0.1) is 5.82 Å². The molecule has 0 saturated heterocycles. The third kappa shape index (κ3) is 2.86. The van der Waals surface area contributed by atoms with Crippen molar-refractivity contribution < 1.29 is 13.9 Å². The number of carbonyl (C=O) groups is 1. The highest BCUT2D eigenvalue weighted by Gasteiger charge is 2.25. The van der Waals surface area contributed by atoms with E-state index in [-0.39, 0.29) is 11.9 Å². The summed E-state index contributed by atoms with van der Waals surface area (Å²) in [5.74, 6) is -0.242. The van der Waals surface area contributed by atoms with E-state index in [1.807, 2.05) is 33.0 Å². The third-order valence-corrected chi connectivity index (χ3v) is 3.51. The second-order valence-corrected chi connectivity index (χ2v) is 6.52. The fraction of sp³-hybridized carbons (Fsp3) is 0.438. The zero-order valence-corrected chi connectivity index (χ0v) is 12.4. The monoisotopic (exact) mass is 290 g/mol. The van der Waals surface area contributed by atoms with Crippen molar-refractivity contribution >= 4 is 17.0 Å². The van der Waals surface area contributed by atoms with Gasteiger partial charge >= 0.3 is 6.09 Å². The number of ether oxygens (including phenoxy) is 1. The molecule has 0 aliphatic carbocycles. The van der Waals surface area contributed by atoms with E-state index in [1.54, 1.807) is 6.07 Å². The molecule has 0 radical (unpaired) electrons. The van der Waals surface area contributed by atoms with Crippen molar-refractivity contribution in [2.24, 2.45) is 0 Å². The van der Waals surface area contributed by atoms with Gasteiger partial charge < -0.3 is 14.6 Å². The molecule has 0 bridgehead atoms. The van der Waals surface area contributed by atoms with E-state index in [0.717, 1.165) is 16.5 Å². The van der Waals surface area contributed by atoms with Gasteiger partial charge in [0.1, 0.15) is 11.4 Å². The van der Waals surface area contributed by atoms with Crippen molar-refractivity contribution in [1.82, 2.24) is 9.88 Å². The molecule has 0 fully saturated rings. The van der Waals surface area contributed by atoms with Crippen LogP contribution in [0.25, 0.3) is 10.9 Å². The summed E-state index contributed by atoms with van der Waals surface area (Å²) >= 11 is 0. The van der Waals surface area contributed by atoms with Gasteiger partial charge in [-0.05, 0) is 51.0 Å². The van der Waals surface area contributed by atoms with Crippen molar-refractivity contribution in [3.8, 4) is 0 Å². The lowest BCUT2D eigenvalue weighted by molar-refractivity contribution is 0.0498. The Hall–Kier alpha value is -2.04. The van der Waals surface area contributed by atoms with E-state index < -0.39 is 11.7 Å². The standard InChI is InChI=1S/C16H19FN2O2/c1-16(2,3)21-15(20)18-13-8-11-7-12(17)6-10-4-5-19(9-13)14(10)11/h4-7,13H,8-9H2,1-3H3,(H,18,20)/t13-/m1/s1. The van der Waals surface area contributed by atoms with Crippen molar-refractivity contribution in [1.29, 1.82) is 0 Å². The number of halogens is 1. The zero-order valence-electron chi connectivity index (χ0n) is 12.4. The molecule has 0 saturated carbocycles. The van der Waals surface area contributed by atoms with Gasteiger partial charge in [-0.3, -0.25) is 0 Å². The molecule has 2 heterocycles. The summed E-state index contributed by atoms with van der Waals surface area (Å²) in [7, 11) is 0. The van der Waals surface area contributed by atoms with Crippen molar-refractivity contribution in [2.45, 2.75) is 45.4 Å². The molecule has 3 rings (SSSR count). The zero-order chi connectivity index (χ0) is 15.2. The summed E-state index contributed by atoms with van der Waals surface area (Å²) in [6.45, 7) is 6.15. The average molecular weight is 290 g/mol. The van der Waals surface area contributed by atoms with Gasteiger partial charge in [0.2, 0.25) is 0 Å². The van der Waals surface area contributed by atoms with Crippen LogP contribution in [0.4, 0.5) is 9.18 Å². The number of alkyl carbamates (subject to hydrolysis) is 1. The normalized spacial score (nSPS) is 17.8. The molecule has 1 N–H and O–H groups in total. The molecule has 21 heavy (non-hydrogen) atoms. The van der Waals surface area contributed by atoms with Crippen LogP contribution in [0.1, 0.15) is 26.3 Å². The minimum atomic E-state index is -0.524. The van der Waals surface area contributed by atoms with Gasteiger partial charge in [-0.1, -0.05) is 0 Å². The minimum Gasteiger partial charge on any atom is -0.444 e. The molecule has 1 aliphatic rings.